The molecule has 0 radical (unpaired) electrons. The number of rotatable bonds is 4. The highest BCUT2D eigenvalue weighted by Gasteiger charge is 2.21. The molecule has 2 aromatic heterocycles. The number of furan rings is 1. The van der Waals surface area contributed by atoms with Gasteiger partial charge < -0.3 is 9.52 Å². The van der Waals surface area contributed by atoms with Crippen LogP contribution in [0.4, 0.5) is 5.82 Å². The van der Waals surface area contributed by atoms with Gasteiger partial charge in [0.2, 0.25) is 10.9 Å². The highest BCUT2D eigenvalue weighted by molar-refractivity contribution is 9.10. The average molecular weight is 347 g/mol. The summed E-state index contributed by atoms with van der Waals surface area (Å²) in [5.41, 5.74) is 0. The van der Waals surface area contributed by atoms with Crippen molar-refractivity contribution in [3.63, 3.8) is 0 Å². The summed E-state index contributed by atoms with van der Waals surface area (Å²) < 4.78 is 31.3. The van der Waals surface area contributed by atoms with E-state index in [0.717, 1.165) is 12.1 Å². The zero-order valence-electron chi connectivity index (χ0n) is 9.20. The largest absolute Gasteiger partial charge is 0.475 e. The molecule has 2 N–H and O–H groups in total. The third-order valence-electron chi connectivity index (χ3n) is 2.02. The predicted molar refractivity (Wildman–Crippen MR) is 68.4 cm³/mol. The number of hydrogen-bond acceptors (Lipinski definition) is 5. The Hall–Kier alpha value is -1.87. The first kappa shape index (κ1) is 13.6. The van der Waals surface area contributed by atoms with Crippen molar-refractivity contribution in [1.82, 2.24) is 4.98 Å². The molecule has 0 fully saturated rings. The van der Waals surface area contributed by atoms with Crippen LogP contribution in [0.25, 0.3) is 0 Å². The van der Waals surface area contributed by atoms with Gasteiger partial charge in [-0.1, -0.05) is 0 Å². The monoisotopic (exact) mass is 346 g/mol. The summed E-state index contributed by atoms with van der Waals surface area (Å²) in [5.74, 6) is -1.70. The summed E-state index contributed by atoms with van der Waals surface area (Å²) in [7, 11) is -4.00. The van der Waals surface area contributed by atoms with E-state index in [9.17, 15) is 13.2 Å². The van der Waals surface area contributed by atoms with Gasteiger partial charge in [-0.05, 0) is 40.2 Å². The maximum Gasteiger partial charge on any atom is 0.371 e. The number of sulfonamides is 1. The number of carboxylic acids is 1. The van der Waals surface area contributed by atoms with E-state index in [1.165, 1.54) is 12.3 Å². The fraction of sp³-hybridized carbons (Fsp3) is 0. The molecule has 0 saturated heterocycles. The third kappa shape index (κ3) is 3.12. The summed E-state index contributed by atoms with van der Waals surface area (Å²) in [6.07, 6.45) is 1.42. The van der Waals surface area contributed by atoms with E-state index in [2.05, 4.69) is 25.6 Å². The Morgan fingerprint density at radius 3 is 2.58 bits per heavy atom. The number of anilines is 1. The van der Waals surface area contributed by atoms with Crippen LogP contribution < -0.4 is 4.72 Å². The fourth-order valence-corrected chi connectivity index (χ4v) is 2.38. The van der Waals surface area contributed by atoms with Crippen LogP contribution in [0.3, 0.4) is 0 Å². The van der Waals surface area contributed by atoms with E-state index < -0.39 is 26.8 Å². The minimum absolute atomic E-state index is 0.0940. The second-order valence-electron chi connectivity index (χ2n) is 3.39. The Bertz CT molecular complexity index is 708. The number of nitrogens with one attached hydrogen (secondary N) is 1. The van der Waals surface area contributed by atoms with Crippen LogP contribution in [0.2, 0.25) is 0 Å². The fourth-order valence-electron chi connectivity index (χ4n) is 1.20. The van der Waals surface area contributed by atoms with Crippen molar-refractivity contribution < 1.29 is 22.7 Å². The molecule has 0 atom stereocenters. The molecule has 0 aliphatic heterocycles. The minimum atomic E-state index is -4.00. The molecular weight excluding hydrogens is 340 g/mol. The van der Waals surface area contributed by atoms with Crippen LogP contribution in [0.1, 0.15) is 10.6 Å². The Labute approximate surface area is 116 Å². The lowest BCUT2D eigenvalue weighted by Gasteiger charge is -2.04. The van der Waals surface area contributed by atoms with Crippen molar-refractivity contribution >= 4 is 37.7 Å². The second-order valence-corrected chi connectivity index (χ2v) is 5.92. The number of nitrogens with zero attached hydrogens (tertiary/aromatic N) is 1. The van der Waals surface area contributed by atoms with Gasteiger partial charge in [-0.25, -0.2) is 9.78 Å². The second kappa shape index (κ2) is 5.02. The Morgan fingerprint density at radius 1 is 1.32 bits per heavy atom. The summed E-state index contributed by atoms with van der Waals surface area (Å²) in [6, 6.07) is 5.18. The molecule has 0 spiro atoms. The lowest BCUT2D eigenvalue weighted by atomic mass is 10.5. The lowest BCUT2D eigenvalue weighted by Crippen LogP contribution is -2.13. The standard InChI is InChI=1S/C10H7BrN2O5S/c11-6-1-3-8(12-5-6)13-19(16,17)9-4-2-7(18-9)10(14)15/h1-5H,(H,12,13)(H,14,15). The molecule has 2 heterocycles. The molecular formula is C10H7BrN2O5S. The van der Waals surface area contributed by atoms with Gasteiger partial charge in [0, 0.05) is 10.7 Å². The van der Waals surface area contributed by atoms with E-state index in [1.807, 2.05) is 0 Å². The first-order valence-corrected chi connectivity index (χ1v) is 7.13. The van der Waals surface area contributed by atoms with Gasteiger partial charge in [0.1, 0.15) is 5.82 Å². The number of halogens is 1. The van der Waals surface area contributed by atoms with E-state index in [4.69, 9.17) is 9.52 Å². The van der Waals surface area contributed by atoms with Gasteiger partial charge in [-0.15, -0.1) is 0 Å². The predicted octanol–water partition coefficient (Wildman–Crippen LogP) is 1.94. The molecule has 0 aliphatic carbocycles. The van der Waals surface area contributed by atoms with Crippen molar-refractivity contribution in [1.29, 1.82) is 0 Å². The van der Waals surface area contributed by atoms with Gasteiger partial charge in [0.15, 0.2) is 0 Å². The van der Waals surface area contributed by atoms with Gasteiger partial charge in [-0.2, -0.15) is 8.42 Å². The number of aromatic carboxylic acids is 1. The Balaban J connectivity index is 2.26. The van der Waals surface area contributed by atoms with Crippen molar-refractivity contribution in [2.45, 2.75) is 5.09 Å². The van der Waals surface area contributed by atoms with Crippen LogP contribution >= 0.6 is 15.9 Å². The van der Waals surface area contributed by atoms with Crippen LogP contribution in [-0.4, -0.2) is 24.5 Å². The Kier molecular flexibility index (Phi) is 3.58. The van der Waals surface area contributed by atoms with Crippen LogP contribution in [0.15, 0.2) is 44.4 Å². The lowest BCUT2D eigenvalue weighted by molar-refractivity contribution is 0.0656. The van der Waals surface area contributed by atoms with Gasteiger partial charge in [0.05, 0.1) is 0 Å². The van der Waals surface area contributed by atoms with E-state index in [1.54, 1.807) is 6.07 Å². The zero-order chi connectivity index (χ0) is 14.0. The summed E-state index contributed by atoms with van der Waals surface area (Å²) in [5, 5.41) is 8.17. The quantitative estimate of drug-likeness (QED) is 0.875. The normalized spacial score (nSPS) is 11.2. The topological polar surface area (TPSA) is 110 Å². The number of pyridine rings is 1. The van der Waals surface area contributed by atoms with Crippen molar-refractivity contribution in [2.75, 3.05) is 4.72 Å². The van der Waals surface area contributed by atoms with Crippen LogP contribution in [-0.2, 0) is 10.0 Å². The van der Waals surface area contributed by atoms with Crippen LogP contribution in [0, 0.1) is 0 Å². The van der Waals surface area contributed by atoms with E-state index in [0.29, 0.717) is 4.47 Å². The molecule has 0 aromatic carbocycles. The smallest absolute Gasteiger partial charge is 0.371 e. The molecule has 9 heteroatoms. The van der Waals surface area contributed by atoms with Gasteiger partial charge in [0.25, 0.3) is 10.0 Å². The summed E-state index contributed by atoms with van der Waals surface area (Å²) in [6.45, 7) is 0. The number of hydrogen-bond donors (Lipinski definition) is 2. The van der Waals surface area contributed by atoms with Gasteiger partial charge >= 0.3 is 5.97 Å². The molecule has 100 valence electrons. The first-order chi connectivity index (χ1) is 8.88. The number of carbonyl (C=O) groups is 1. The van der Waals surface area contributed by atoms with Crippen molar-refractivity contribution in [2.24, 2.45) is 0 Å². The highest BCUT2D eigenvalue weighted by atomic mass is 79.9. The minimum Gasteiger partial charge on any atom is -0.475 e. The number of carboxylic acid groups (broad SMARTS) is 1. The maximum atomic E-state index is 11.9. The van der Waals surface area contributed by atoms with E-state index in [-0.39, 0.29) is 5.82 Å². The molecule has 0 saturated carbocycles. The number of aromatic nitrogens is 1. The maximum absolute atomic E-state index is 11.9. The molecule has 0 amide bonds. The Morgan fingerprint density at radius 2 is 2.05 bits per heavy atom. The molecule has 2 aromatic rings. The summed E-state index contributed by atoms with van der Waals surface area (Å²) in [4.78, 5) is 14.4. The van der Waals surface area contributed by atoms with Gasteiger partial charge in [-0.3, -0.25) is 4.72 Å². The van der Waals surface area contributed by atoms with Crippen LogP contribution in [0.5, 0.6) is 0 Å². The molecule has 0 bridgehead atoms. The van der Waals surface area contributed by atoms with Crippen molar-refractivity contribution in [3.8, 4) is 0 Å². The van der Waals surface area contributed by atoms with E-state index >= 15 is 0 Å². The molecule has 0 unspecified atom stereocenters. The average Bonchev–Trinajstić information content (AvgIpc) is 2.82. The molecule has 19 heavy (non-hydrogen) atoms. The molecule has 7 nitrogen and oxygen atoms in total. The molecule has 0 aliphatic rings. The first-order valence-electron chi connectivity index (χ1n) is 4.86. The summed E-state index contributed by atoms with van der Waals surface area (Å²) >= 11 is 3.17. The molecule has 2 rings (SSSR count). The highest BCUT2D eigenvalue weighted by Crippen LogP contribution is 2.18. The third-order valence-corrected chi connectivity index (χ3v) is 3.72. The zero-order valence-corrected chi connectivity index (χ0v) is 11.6. The SMILES string of the molecule is O=C(O)c1ccc(S(=O)(=O)Nc2ccc(Br)cn2)o1. The van der Waals surface area contributed by atoms with Crippen molar-refractivity contribution in [3.05, 3.63) is 40.7 Å².